The van der Waals surface area contributed by atoms with Gasteiger partial charge in [0.25, 0.3) is 0 Å². The molecule has 0 spiro atoms. The normalized spacial score (nSPS) is 15.3. The Balaban J connectivity index is 1.34. The molecule has 4 rings (SSSR count). The van der Waals surface area contributed by atoms with Crippen LogP contribution >= 0.6 is 0 Å². The van der Waals surface area contributed by atoms with Gasteiger partial charge in [-0.2, -0.15) is 5.10 Å². The summed E-state index contributed by atoms with van der Waals surface area (Å²) in [5, 5.41) is 4.93. The largest absolute Gasteiger partial charge is 0.369 e. The molecule has 2 heterocycles. The summed E-state index contributed by atoms with van der Waals surface area (Å²) in [4.78, 5) is 5.09. The van der Waals surface area contributed by atoms with Crippen molar-refractivity contribution in [1.29, 1.82) is 0 Å². The SMILES string of the molecule is Cc1ccc(N2CCN(CCCc3cc(-c4ccc(F)cc4)n(C(C)(C)C)n3)CC2)c(C)c1. The Hall–Kier alpha value is -2.66. The number of hydrogen-bond donors (Lipinski definition) is 0. The molecular formula is C28H37FN4. The highest BCUT2D eigenvalue weighted by Crippen LogP contribution is 2.27. The molecule has 5 heteroatoms. The van der Waals surface area contributed by atoms with Gasteiger partial charge in [-0.05, 0) is 96.0 Å². The van der Waals surface area contributed by atoms with Crippen molar-refractivity contribution in [3.05, 3.63) is 71.2 Å². The van der Waals surface area contributed by atoms with Gasteiger partial charge in [0.2, 0.25) is 0 Å². The maximum Gasteiger partial charge on any atom is 0.123 e. The van der Waals surface area contributed by atoms with Crippen molar-refractivity contribution in [2.45, 2.75) is 53.0 Å². The van der Waals surface area contributed by atoms with E-state index in [4.69, 9.17) is 5.10 Å². The predicted octanol–water partition coefficient (Wildman–Crippen LogP) is 5.82. The molecule has 1 aliphatic rings. The number of benzene rings is 2. The van der Waals surface area contributed by atoms with Crippen LogP contribution in [0.5, 0.6) is 0 Å². The second kappa shape index (κ2) is 9.68. The van der Waals surface area contributed by atoms with E-state index in [0.717, 1.165) is 62.5 Å². The van der Waals surface area contributed by atoms with E-state index in [0.29, 0.717) is 0 Å². The first kappa shape index (κ1) is 23.5. The fraction of sp³-hybridized carbons (Fsp3) is 0.464. The zero-order chi connectivity index (χ0) is 23.6. The van der Waals surface area contributed by atoms with Gasteiger partial charge < -0.3 is 4.90 Å². The van der Waals surface area contributed by atoms with Crippen LogP contribution in [0.15, 0.2) is 48.5 Å². The van der Waals surface area contributed by atoms with E-state index in [1.54, 1.807) is 0 Å². The number of anilines is 1. The van der Waals surface area contributed by atoms with Gasteiger partial charge >= 0.3 is 0 Å². The maximum absolute atomic E-state index is 13.4. The number of halogens is 1. The van der Waals surface area contributed by atoms with Crippen molar-refractivity contribution in [2.24, 2.45) is 0 Å². The van der Waals surface area contributed by atoms with Crippen LogP contribution in [0.1, 0.15) is 44.0 Å². The fourth-order valence-electron chi connectivity index (χ4n) is 4.75. The highest BCUT2D eigenvalue weighted by molar-refractivity contribution is 5.60. The molecule has 2 aromatic carbocycles. The van der Waals surface area contributed by atoms with Gasteiger partial charge in [0.15, 0.2) is 0 Å². The van der Waals surface area contributed by atoms with Gasteiger partial charge in [-0.25, -0.2) is 4.39 Å². The minimum absolute atomic E-state index is 0.133. The summed E-state index contributed by atoms with van der Waals surface area (Å²) in [6.07, 6.45) is 2.04. The van der Waals surface area contributed by atoms with Crippen LogP contribution in [0.4, 0.5) is 10.1 Å². The lowest BCUT2D eigenvalue weighted by atomic mass is 10.1. The van der Waals surface area contributed by atoms with Gasteiger partial charge in [0.05, 0.1) is 16.9 Å². The summed E-state index contributed by atoms with van der Waals surface area (Å²) in [5.74, 6) is -0.210. The predicted molar refractivity (Wildman–Crippen MR) is 136 cm³/mol. The second-order valence-corrected chi connectivity index (χ2v) is 10.3. The van der Waals surface area contributed by atoms with E-state index < -0.39 is 0 Å². The number of hydrogen-bond acceptors (Lipinski definition) is 3. The van der Waals surface area contributed by atoms with Crippen LogP contribution in [0, 0.1) is 19.7 Å². The third kappa shape index (κ3) is 5.64. The molecule has 1 aromatic heterocycles. The average molecular weight is 449 g/mol. The number of aromatic nitrogens is 2. The molecular weight excluding hydrogens is 411 g/mol. The molecule has 0 aliphatic carbocycles. The van der Waals surface area contributed by atoms with E-state index in [1.165, 1.54) is 28.9 Å². The zero-order valence-electron chi connectivity index (χ0n) is 20.7. The zero-order valence-corrected chi connectivity index (χ0v) is 20.7. The van der Waals surface area contributed by atoms with Crippen LogP contribution in [-0.2, 0) is 12.0 Å². The smallest absolute Gasteiger partial charge is 0.123 e. The van der Waals surface area contributed by atoms with E-state index >= 15 is 0 Å². The van der Waals surface area contributed by atoms with Crippen LogP contribution < -0.4 is 4.90 Å². The summed E-state index contributed by atoms with van der Waals surface area (Å²) in [6, 6.07) is 15.7. The molecule has 0 amide bonds. The summed E-state index contributed by atoms with van der Waals surface area (Å²) in [5.41, 5.74) is 7.11. The first-order valence-electron chi connectivity index (χ1n) is 12.1. The van der Waals surface area contributed by atoms with E-state index in [9.17, 15) is 4.39 Å². The standard InChI is InChI=1S/C28H37FN4/c1-21-8-13-26(22(2)19-21)32-17-15-31(16-18-32)14-6-7-25-20-27(33(30-25)28(3,4)5)23-9-11-24(29)12-10-23/h8-13,19-20H,6-7,14-18H2,1-5H3. The monoisotopic (exact) mass is 448 g/mol. The van der Waals surface area contributed by atoms with Gasteiger partial charge in [-0.1, -0.05) is 17.7 Å². The number of nitrogens with zero attached hydrogens (tertiary/aromatic N) is 4. The molecule has 0 saturated carbocycles. The molecule has 3 aromatic rings. The molecule has 176 valence electrons. The molecule has 0 radical (unpaired) electrons. The third-order valence-corrected chi connectivity index (χ3v) is 6.51. The Labute approximate surface area is 198 Å². The molecule has 1 saturated heterocycles. The Morgan fingerprint density at radius 1 is 0.909 bits per heavy atom. The molecule has 0 atom stereocenters. The molecule has 0 unspecified atom stereocenters. The summed E-state index contributed by atoms with van der Waals surface area (Å²) < 4.78 is 15.5. The van der Waals surface area contributed by atoms with Crippen molar-refractivity contribution in [3.8, 4) is 11.3 Å². The lowest BCUT2D eigenvalue weighted by Gasteiger charge is -2.37. The minimum atomic E-state index is -0.210. The Kier molecular flexibility index (Phi) is 6.89. The topological polar surface area (TPSA) is 24.3 Å². The van der Waals surface area contributed by atoms with E-state index in [-0.39, 0.29) is 11.4 Å². The van der Waals surface area contributed by atoms with Crippen LogP contribution in [0.2, 0.25) is 0 Å². The van der Waals surface area contributed by atoms with E-state index in [2.05, 4.69) is 73.4 Å². The Morgan fingerprint density at radius 2 is 1.61 bits per heavy atom. The van der Waals surface area contributed by atoms with Gasteiger partial charge in [0, 0.05) is 37.4 Å². The summed E-state index contributed by atoms with van der Waals surface area (Å²) >= 11 is 0. The average Bonchev–Trinajstić information content (AvgIpc) is 3.20. The molecule has 0 N–H and O–H groups in total. The molecule has 0 bridgehead atoms. The van der Waals surface area contributed by atoms with E-state index in [1.807, 2.05) is 12.1 Å². The first-order valence-corrected chi connectivity index (χ1v) is 12.1. The second-order valence-electron chi connectivity index (χ2n) is 10.3. The molecule has 4 nitrogen and oxygen atoms in total. The highest BCUT2D eigenvalue weighted by atomic mass is 19.1. The lowest BCUT2D eigenvalue weighted by Crippen LogP contribution is -2.46. The van der Waals surface area contributed by atoms with Crippen molar-refractivity contribution < 1.29 is 4.39 Å². The van der Waals surface area contributed by atoms with Gasteiger partial charge in [-0.3, -0.25) is 9.58 Å². The number of rotatable bonds is 6. The van der Waals surface area contributed by atoms with Crippen molar-refractivity contribution >= 4 is 5.69 Å². The highest BCUT2D eigenvalue weighted by Gasteiger charge is 2.21. The van der Waals surface area contributed by atoms with Crippen LogP contribution in [0.3, 0.4) is 0 Å². The van der Waals surface area contributed by atoms with Crippen LogP contribution in [-0.4, -0.2) is 47.4 Å². The quantitative estimate of drug-likeness (QED) is 0.475. The summed E-state index contributed by atoms with van der Waals surface area (Å²) in [6.45, 7) is 16.3. The number of piperazine rings is 1. The summed E-state index contributed by atoms with van der Waals surface area (Å²) in [7, 11) is 0. The van der Waals surface area contributed by atoms with Gasteiger partial charge in [0.1, 0.15) is 5.82 Å². The van der Waals surface area contributed by atoms with Crippen LogP contribution in [0.25, 0.3) is 11.3 Å². The lowest BCUT2D eigenvalue weighted by molar-refractivity contribution is 0.254. The molecule has 33 heavy (non-hydrogen) atoms. The van der Waals surface area contributed by atoms with Crippen molar-refractivity contribution in [3.63, 3.8) is 0 Å². The number of aryl methyl sites for hydroxylation is 3. The Morgan fingerprint density at radius 3 is 2.24 bits per heavy atom. The van der Waals surface area contributed by atoms with Crippen molar-refractivity contribution in [1.82, 2.24) is 14.7 Å². The Bertz CT molecular complexity index is 1070. The first-order chi connectivity index (χ1) is 15.7. The van der Waals surface area contributed by atoms with Gasteiger partial charge in [-0.15, -0.1) is 0 Å². The molecule has 1 fully saturated rings. The molecule has 1 aliphatic heterocycles. The fourth-order valence-corrected chi connectivity index (χ4v) is 4.75. The van der Waals surface area contributed by atoms with Crippen molar-refractivity contribution in [2.75, 3.05) is 37.6 Å². The minimum Gasteiger partial charge on any atom is -0.369 e. The third-order valence-electron chi connectivity index (χ3n) is 6.51. The maximum atomic E-state index is 13.4.